The molecule has 6 aromatic rings. The van der Waals surface area contributed by atoms with Gasteiger partial charge in [0.2, 0.25) is 0 Å². The van der Waals surface area contributed by atoms with E-state index in [2.05, 4.69) is 104 Å². The van der Waals surface area contributed by atoms with Crippen LogP contribution in [-0.2, 0) is 37.0 Å². The summed E-state index contributed by atoms with van der Waals surface area (Å²) in [4.78, 5) is 0. The SMILES string of the molecule is C[OH+]c1cscc1-c1cc(C)cc(-c2cc(C(C)(C)C)cc(C(C)(C)C)c2)c1O.[CH2-]c1ccccc1.[CH2-]c1ccccc1.[CH2-]c1ccccc1.[Zr+2]. The number of rotatable bonds is 3. The molecule has 0 aliphatic heterocycles. The molecule has 5 aromatic carbocycles. The summed E-state index contributed by atoms with van der Waals surface area (Å²) in [6.07, 6.45) is 0. The zero-order valence-corrected chi connectivity index (χ0v) is 34.9. The average Bonchev–Trinajstić information content (AvgIpc) is 3.56. The van der Waals surface area contributed by atoms with Crippen LogP contribution in [0.5, 0.6) is 11.5 Å². The smallest absolute Gasteiger partial charge is 0.584 e. The van der Waals surface area contributed by atoms with Crippen molar-refractivity contribution < 1.29 is 36.0 Å². The summed E-state index contributed by atoms with van der Waals surface area (Å²) in [5, 5.41) is 15.4. The Balaban J connectivity index is 0.000000327. The molecular weight excluding hydrogens is 720 g/mol. The number of aliphatic hydroxyl groups is 1. The molecule has 1 aromatic heterocycles. The fourth-order valence-electron chi connectivity index (χ4n) is 4.95. The summed E-state index contributed by atoms with van der Waals surface area (Å²) >= 11 is 1.61. The fraction of sp³-hybridized carbons (Fsp3) is 0.213. The monoisotopic (exact) mass is 772 g/mol. The van der Waals surface area contributed by atoms with Gasteiger partial charge in [0, 0.05) is 16.5 Å². The van der Waals surface area contributed by atoms with Gasteiger partial charge in [-0.1, -0.05) is 77.9 Å². The average molecular weight is 774 g/mol. The molecule has 2 N–H and O–H groups in total. The summed E-state index contributed by atoms with van der Waals surface area (Å²) in [5.41, 5.74) is 10.7. The van der Waals surface area contributed by atoms with Gasteiger partial charge in [-0.25, -0.2) is 0 Å². The number of benzene rings is 5. The fourth-order valence-corrected chi connectivity index (χ4v) is 5.77. The van der Waals surface area contributed by atoms with E-state index >= 15 is 0 Å². The molecular formula is C47H54O2SZr. The summed E-state index contributed by atoms with van der Waals surface area (Å²) in [6.45, 7) is 26.7. The molecule has 6 rings (SSSR count). The Hall–Kier alpha value is -4.11. The molecule has 0 unspecified atom stereocenters. The number of aryl methyl sites for hydroxylation is 1. The third kappa shape index (κ3) is 13.9. The van der Waals surface area contributed by atoms with Gasteiger partial charge in [0.1, 0.15) is 5.75 Å². The Bertz CT molecular complexity index is 1760. The topological polar surface area (TPSA) is 33.0 Å². The predicted octanol–water partition coefficient (Wildman–Crippen LogP) is 13.2. The standard InChI is InChI=1S/C26H32O2S.3C7H7.Zr/c1-16-9-20(24(27)21(10-16)22-14-29-15-23(22)28-8)17-11-18(25(2,3)4)13-19(12-17)26(5,6)7;3*1-7-5-3-2-4-6-7;/h9-15,27H,1-8H3;3*2-6H,1H2;/q;3*-1;+2/p+1. The van der Waals surface area contributed by atoms with Crippen LogP contribution in [0.15, 0.2) is 132 Å². The normalized spacial score (nSPS) is 10.5. The van der Waals surface area contributed by atoms with Gasteiger partial charge in [-0.2, -0.15) is 73.9 Å². The Kier molecular flexibility index (Phi) is 16.9. The Morgan fingerprint density at radius 3 is 1.27 bits per heavy atom. The second-order valence-electron chi connectivity index (χ2n) is 14.4. The van der Waals surface area contributed by atoms with Gasteiger partial charge in [0.25, 0.3) is 5.75 Å². The van der Waals surface area contributed by atoms with Crippen molar-refractivity contribution in [2.45, 2.75) is 59.3 Å². The molecule has 4 heteroatoms. The molecule has 0 bridgehead atoms. The molecule has 0 atom stereocenters. The minimum atomic E-state index is 0. The van der Waals surface area contributed by atoms with E-state index < -0.39 is 0 Å². The third-order valence-corrected chi connectivity index (χ3v) is 8.66. The van der Waals surface area contributed by atoms with Crippen LogP contribution in [0.1, 0.15) is 74.9 Å². The number of thiophene rings is 1. The van der Waals surface area contributed by atoms with E-state index in [1.54, 1.807) is 18.4 Å². The van der Waals surface area contributed by atoms with Crippen molar-refractivity contribution in [1.82, 2.24) is 0 Å². The Morgan fingerprint density at radius 2 is 0.941 bits per heavy atom. The van der Waals surface area contributed by atoms with Crippen LogP contribution < -0.4 is 0 Å². The van der Waals surface area contributed by atoms with Crippen molar-refractivity contribution in [1.29, 1.82) is 0 Å². The largest absolute Gasteiger partial charge is 2.00 e. The van der Waals surface area contributed by atoms with Crippen molar-refractivity contribution in [3.63, 3.8) is 0 Å². The van der Waals surface area contributed by atoms with Crippen LogP contribution in [0, 0.1) is 27.7 Å². The molecule has 0 fully saturated rings. The summed E-state index contributed by atoms with van der Waals surface area (Å²) in [7, 11) is 1.79. The van der Waals surface area contributed by atoms with Crippen LogP contribution in [0.3, 0.4) is 0 Å². The first-order valence-electron chi connectivity index (χ1n) is 16.9. The molecule has 0 amide bonds. The van der Waals surface area contributed by atoms with Gasteiger partial charge in [0.15, 0.2) is 7.11 Å². The number of hydrogen-bond donors (Lipinski definition) is 1. The second-order valence-corrected chi connectivity index (χ2v) is 15.1. The molecule has 0 spiro atoms. The van der Waals surface area contributed by atoms with Gasteiger partial charge >= 0.3 is 26.2 Å². The zero-order valence-electron chi connectivity index (χ0n) is 31.6. The minimum Gasteiger partial charge on any atom is -0.584 e. The minimum absolute atomic E-state index is 0. The van der Waals surface area contributed by atoms with E-state index in [9.17, 15) is 5.11 Å². The molecule has 0 aliphatic rings. The van der Waals surface area contributed by atoms with E-state index in [0.29, 0.717) is 5.75 Å². The van der Waals surface area contributed by atoms with Crippen LogP contribution >= 0.6 is 11.3 Å². The van der Waals surface area contributed by atoms with E-state index in [1.165, 1.54) is 11.1 Å². The molecule has 0 saturated heterocycles. The van der Waals surface area contributed by atoms with E-state index in [0.717, 1.165) is 50.3 Å². The molecule has 264 valence electrons. The maximum Gasteiger partial charge on any atom is 2.00 e. The van der Waals surface area contributed by atoms with Gasteiger partial charge in [0.05, 0.1) is 10.9 Å². The molecule has 1 heterocycles. The number of phenols is 1. The van der Waals surface area contributed by atoms with Gasteiger partial charge in [-0.3, -0.25) is 0 Å². The summed E-state index contributed by atoms with van der Waals surface area (Å²) in [6, 6.07) is 40.5. The first-order chi connectivity index (χ1) is 23.6. The third-order valence-electron chi connectivity index (χ3n) is 7.93. The van der Waals surface area contributed by atoms with Crippen molar-refractivity contribution in [2.75, 3.05) is 7.11 Å². The second kappa shape index (κ2) is 20.1. The van der Waals surface area contributed by atoms with Crippen molar-refractivity contribution in [3.05, 3.63) is 186 Å². The van der Waals surface area contributed by atoms with E-state index in [1.807, 2.05) is 102 Å². The predicted molar refractivity (Wildman–Crippen MR) is 219 cm³/mol. The van der Waals surface area contributed by atoms with Crippen molar-refractivity contribution in [2.24, 2.45) is 0 Å². The Morgan fingerprint density at radius 1 is 0.549 bits per heavy atom. The Labute approximate surface area is 331 Å². The first kappa shape index (κ1) is 43.1. The zero-order chi connectivity index (χ0) is 36.9. The van der Waals surface area contributed by atoms with Gasteiger partial charge in [-0.05, 0) is 52.1 Å². The summed E-state index contributed by atoms with van der Waals surface area (Å²) < 4.78 is 4.37. The molecule has 0 saturated carbocycles. The molecule has 51 heavy (non-hydrogen) atoms. The number of phenolic OH excluding ortho intramolecular Hbond substituents is 1. The van der Waals surface area contributed by atoms with E-state index in [4.69, 9.17) is 0 Å². The maximum atomic E-state index is 11.3. The van der Waals surface area contributed by atoms with Crippen LogP contribution in [0.4, 0.5) is 0 Å². The van der Waals surface area contributed by atoms with Crippen molar-refractivity contribution >= 4 is 11.3 Å². The number of ether oxygens (including phenoxy) is 1. The molecule has 2 nitrogen and oxygen atoms in total. The van der Waals surface area contributed by atoms with Crippen LogP contribution in [0.25, 0.3) is 22.3 Å². The first-order valence-corrected chi connectivity index (χ1v) is 17.8. The number of hydrogen-bond acceptors (Lipinski definition) is 2. The maximum absolute atomic E-state index is 11.3. The quantitative estimate of drug-likeness (QED) is 0.141. The van der Waals surface area contributed by atoms with Crippen LogP contribution in [-0.4, -0.2) is 17.0 Å². The van der Waals surface area contributed by atoms with Gasteiger partial charge < -0.3 is 9.84 Å². The van der Waals surface area contributed by atoms with E-state index in [-0.39, 0.29) is 37.0 Å². The van der Waals surface area contributed by atoms with Crippen LogP contribution in [0.2, 0.25) is 0 Å². The number of aromatic hydroxyl groups is 2. The van der Waals surface area contributed by atoms with Gasteiger partial charge in [-0.15, -0.1) is 47.7 Å². The molecule has 0 radical (unpaired) electrons. The molecule has 0 aliphatic carbocycles. The van der Waals surface area contributed by atoms with Crippen molar-refractivity contribution in [3.8, 4) is 33.8 Å². The summed E-state index contributed by atoms with van der Waals surface area (Å²) in [5.74, 6) is 1.24.